The maximum absolute atomic E-state index is 10.9. The molecule has 1 aliphatic rings. The van der Waals surface area contributed by atoms with E-state index in [9.17, 15) is 4.79 Å². The summed E-state index contributed by atoms with van der Waals surface area (Å²) in [4.78, 5) is 10.9. The maximum atomic E-state index is 10.9. The van der Waals surface area contributed by atoms with Gasteiger partial charge in [0.1, 0.15) is 5.54 Å². The summed E-state index contributed by atoms with van der Waals surface area (Å²) in [6.07, 6.45) is 0.728. The summed E-state index contributed by atoms with van der Waals surface area (Å²) in [5.41, 5.74) is -0.516. The van der Waals surface area contributed by atoms with Crippen LogP contribution >= 0.6 is 0 Å². The van der Waals surface area contributed by atoms with Crippen LogP contribution in [0.3, 0.4) is 0 Å². The molecule has 76 valence electrons. The molecule has 13 heavy (non-hydrogen) atoms. The van der Waals surface area contributed by atoms with Crippen LogP contribution in [-0.4, -0.2) is 23.2 Å². The van der Waals surface area contributed by atoms with E-state index in [0.29, 0.717) is 5.92 Å². The van der Waals surface area contributed by atoms with Gasteiger partial charge in [-0.25, -0.2) is 0 Å². The Morgan fingerprint density at radius 3 is 2.31 bits per heavy atom. The Labute approximate surface area is 79.5 Å². The lowest BCUT2D eigenvalue weighted by Crippen LogP contribution is -2.44. The molecule has 3 heteroatoms. The molecule has 0 aliphatic carbocycles. The Balaban J connectivity index is 2.69. The predicted molar refractivity (Wildman–Crippen MR) is 51.6 cm³/mol. The molecule has 2 atom stereocenters. The first-order valence-corrected chi connectivity index (χ1v) is 4.74. The Morgan fingerprint density at radius 2 is 2.08 bits per heavy atom. The van der Waals surface area contributed by atoms with Gasteiger partial charge in [0.05, 0.1) is 0 Å². The molecular weight excluding hydrogens is 166 g/mol. The molecule has 1 saturated heterocycles. The minimum Gasteiger partial charge on any atom is -0.480 e. The molecule has 0 aromatic carbocycles. The second-order valence-electron chi connectivity index (χ2n) is 5.29. The summed E-state index contributed by atoms with van der Waals surface area (Å²) in [5, 5.41) is 12.1. The summed E-state index contributed by atoms with van der Waals surface area (Å²) in [6.45, 7) is 9.06. The highest BCUT2D eigenvalue weighted by atomic mass is 16.4. The molecular formula is C10H19NO2. The van der Waals surface area contributed by atoms with Crippen molar-refractivity contribution in [3.05, 3.63) is 0 Å². The lowest BCUT2D eigenvalue weighted by molar-refractivity contribution is -0.143. The van der Waals surface area contributed by atoms with Crippen molar-refractivity contribution in [2.45, 2.75) is 39.7 Å². The van der Waals surface area contributed by atoms with Gasteiger partial charge >= 0.3 is 5.97 Å². The second-order valence-corrected chi connectivity index (χ2v) is 5.29. The van der Waals surface area contributed by atoms with E-state index in [1.807, 2.05) is 0 Å². The number of rotatable bonds is 1. The van der Waals surface area contributed by atoms with E-state index >= 15 is 0 Å². The zero-order valence-corrected chi connectivity index (χ0v) is 8.85. The van der Waals surface area contributed by atoms with Crippen molar-refractivity contribution in [2.75, 3.05) is 6.54 Å². The maximum Gasteiger partial charge on any atom is 0.323 e. The molecule has 1 rings (SSSR count). The number of hydrogen-bond acceptors (Lipinski definition) is 2. The summed E-state index contributed by atoms with van der Waals surface area (Å²) in [6, 6.07) is 0. The van der Waals surface area contributed by atoms with Crippen LogP contribution in [0.5, 0.6) is 0 Å². The molecule has 1 fully saturated rings. The molecule has 1 heterocycles. The van der Waals surface area contributed by atoms with Crippen LogP contribution in [0.25, 0.3) is 0 Å². The van der Waals surface area contributed by atoms with E-state index in [1.54, 1.807) is 6.92 Å². The van der Waals surface area contributed by atoms with Crippen LogP contribution in [0.15, 0.2) is 0 Å². The van der Waals surface area contributed by atoms with Crippen LogP contribution in [0, 0.1) is 11.3 Å². The third-order valence-electron chi connectivity index (χ3n) is 3.09. The molecule has 2 N–H and O–H groups in total. The van der Waals surface area contributed by atoms with E-state index in [0.717, 1.165) is 13.0 Å². The highest BCUT2D eigenvalue weighted by Gasteiger charge is 2.44. The topological polar surface area (TPSA) is 49.3 Å². The monoisotopic (exact) mass is 185 g/mol. The van der Waals surface area contributed by atoms with Crippen molar-refractivity contribution >= 4 is 5.97 Å². The van der Waals surface area contributed by atoms with Crippen LogP contribution < -0.4 is 5.32 Å². The molecule has 0 spiro atoms. The third-order valence-corrected chi connectivity index (χ3v) is 3.09. The standard InChI is InChI=1S/C10H19NO2/c1-9(2,3)7-5-10(4,8(12)13)11-6-7/h7,11H,5-6H2,1-4H3,(H,12,13). The van der Waals surface area contributed by atoms with Crippen molar-refractivity contribution in [3.63, 3.8) is 0 Å². The van der Waals surface area contributed by atoms with Crippen molar-refractivity contribution in [3.8, 4) is 0 Å². The van der Waals surface area contributed by atoms with Crippen LogP contribution in [0.2, 0.25) is 0 Å². The number of carboxylic acid groups (broad SMARTS) is 1. The Hall–Kier alpha value is -0.570. The largest absolute Gasteiger partial charge is 0.480 e. The number of carboxylic acids is 1. The highest BCUT2D eigenvalue weighted by Crippen LogP contribution is 2.36. The summed E-state index contributed by atoms with van der Waals surface area (Å²) in [5.74, 6) is -0.284. The number of nitrogens with one attached hydrogen (secondary N) is 1. The molecule has 1 aliphatic heterocycles. The van der Waals surface area contributed by atoms with Crippen molar-refractivity contribution in [1.82, 2.24) is 5.32 Å². The van der Waals surface area contributed by atoms with E-state index < -0.39 is 11.5 Å². The summed E-state index contributed by atoms with van der Waals surface area (Å²) < 4.78 is 0. The average molecular weight is 185 g/mol. The molecule has 3 nitrogen and oxygen atoms in total. The molecule has 0 saturated carbocycles. The Kier molecular flexibility index (Phi) is 2.41. The SMILES string of the molecule is CC1(C(=O)O)CC(C(C)(C)C)CN1. The Bertz CT molecular complexity index is 219. The summed E-state index contributed by atoms with van der Waals surface area (Å²) in [7, 11) is 0. The number of hydrogen-bond donors (Lipinski definition) is 2. The molecule has 0 aromatic heterocycles. The fourth-order valence-electron chi connectivity index (χ4n) is 1.76. The minimum absolute atomic E-state index is 0.195. The van der Waals surface area contributed by atoms with E-state index in [-0.39, 0.29) is 5.41 Å². The fourth-order valence-corrected chi connectivity index (χ4v) is 1.76. The zero-order chi connectivity index (χ0) is 10.3. The van der Waals surface area contributed by atoms with Crippen molar-refractivity contribution in [2.24, 2.45) is 11.3 Å². The van der Waals surface area contributed by atoms with Gasteiger partial charge < -0.3 is 10.4 Å². The molecule has 2 unspecified atom stereocenters. The predicted octanol–water partition coefficient (Wildman–Crippen LogP) is 1.49. The second kappa shape index (κ2) is 2.98. The molecule has 0 amide bonds. The van der Waals surface area contributed by atoms with Crippen LogP contribution in [0.1, 0.15) is 34.1 Å². The van der Waals surface area contributed by atoms with Gasteiger partial charge in [0.25, 0.3) is 0 Å². The normalized spacial score (nSPS) is 34.9. The van der Waals surface area contributed by atoms with Crippen LogP contribution in [0.4, 0.5) is 0 Å². The van der Waals surface area contributed by atoms with E-state index in [2.05, 4.69) is 26.1 Å². The van der Waals surface area contributed by atoms with Crippen LogP contribution in [-0.2, 0) is 4.79 Å². The van der Waals surface area contributed by atoms with E-state index in [1.165, 1.54) is 0 Å². The number of aliphatic carboxylic acids is 1. The van der Waals surface area contributed by atoms with Gasteiger partial charge in [-0.15, -0.1) is 0 Å². The van der Waals surface area contributed by atoms with Gasteiger partial charge in [0.2, 0.25) is 0 Å². The molecule has 0 radical (unpaired) electrons. The molecule has 0 bridgehead atoms. The molecule has 0 aromatic rings. The zero-order valence-electron chi connectivity index (χ0n) is 8.85. The fraction of sp³-hybridized carbons (Fsp3) is 0.900. The average Bonchev–Trinajstić information content (AvgIpc) is 2.31. The lowest BCUT2D eigenvalue weighted by Gasteiger charge is -2.27. The summed E-state index contributed by atoms with van der Waals surface area (Å²) >= 11 is 0. The van der Waals surface area contributed by atoms with Gasteiger partial charge in [-0.05, 0) is 31.2 Å². The number of carbonyl (C=O) groups is 1. The third kappa shape index (κ3) is 2.02. The van der Waals surface area contributed by atoms with Gasteiger partial charge in [0, 0.05) is 0 Å². The van der Waals surface area contributed by atoms with Crippen molar-refractivity contribution < 1.29 is 9.90 Å². The quantitative estimate of drug-likeness (QED) is 0.650. The van der Waals surface area contributed by atoms with Gasteiger partial charge in [-0.2, -0.15) is 0 Å². The van der Waals surface area contributed by atoms with Gasteiger partial charge in [0.15, 0.2) is 0 Å². The highest BCUT2D eigenvalue weighted by molar-refractivity contribution is 5.78. The van der Waals surface area contributed by atoms with Crippen molar-refractivity contribution in [1.29, 1.82) is 0 Å². The van der Waals surface area contributed by atoms with Gasteiger partial charge in [-0.3, -0.25) is 4.79 Å². The Morgan fingerprint density at radius 1 is 1.54 bits per heavy atom. The minimum atomic E-state index is -0.737. The van der Waals surface area contributed by atoms with Gasteiger partial charge in [-0.1, -0.05) is 20.8 Å². The smallest absolute Gasteiger partial charge is 0.323 e. The first kappa shape index (κ1) is 10.5. The first-order chi connectivity index (χ1) is 5.76. The lowest BCUT2D eigenvalue weighted by atomic mass is 9.77. The van der Waals surface area contributed by atoms with E-state index in [4.69, 9.17) is 5.11 Å². The first-order valence-electron chi connectivity index (χ1n) is 4.74.